The van der Waals surface area contributed by atoms with Crippen LogP contribution in [0.15, 0.2) is 69.9 Å². The Bertz CT molecular complexity index is 1160. The number of aliphatic imine (C=N–C) groups is 2. The molecule has 0 spiro atoms. The van der Waals surface area contributed by atoms with Gasteiger partial charge in [-0.15, -0.1) is 0 Å². The molecule has 0 amide bonds. The van der Waals surface area contributed by atoms with E-state index in [0.29, 0.717) is 88.9 Å². The van der Waals surface area contributed by atoms with Gasteiger partial charge < -0.3 is 0 Å². The second-order valence-corrected chi connectivity index (χ2v) is 16.6. The molecule has 0 aliphatic carbocycles. The molecule has 0 N–H and O–H groups in total. The molecule has 0 saturated carbocycles. The summed E-state index contributed by atoms with van der Waals surface area (Å²) in [5.41, 5.74) is 13.2. The second kappa shape index (κ2) is 17.3. The average molecular weight is 950 g/mol. The summed E-state index contributed by atoms with van der Waals surface area (Å²) in [6, 6.07) is 13.6. The van der Waals surface area contributed by atoms with Gasteiger partial charge in [0, 0.05) is 0 Å². The van der Waals surface area contributed by atoms with Crippen LogP contribution in [0.1, 0.15) is 129 Å². The second-order valence-electron chi connectivity index (χ2n) is 12.5. The molecular formula is C36H52N4Tl2. The van der Waals surface area contributed by atoms with Crippen molar-refractivity contribution in [2.45, 2.75) is 107 Å². The summed E-state index contributed by atoms with van der Waals surface area (Å²) in [5.74, 6) is 1.97. The Kier molecular flexibility index (Phi) is 15.2. The molecule has 0 fully saturated rings. The molecule has 0 radical (unpaired) electrons. The van der Waals surface area contributed by atoms with Crippen LogP contribution < -0.4 is 5.42 Å². The third-order valence-corrected chi connectivity index (χ3v) is 12.8. The van der Waals surface area contributed by atoms with Gasteiger partial charge in [-0.3, -0.25) is 0 Å². The molecule has 0 heterocycles. The summed E-state index contributed by atoms with van der Waals surface area (Å²) in [4.78, 5) is 9.71. The fraction of sp³-hybridized carbons (Fsp3) is 0.500. The van der Waals surface area contributed by atoms with Crippen molar-refractivity contribution in [3.8, 4) is 0 Å². The van der Waals surface area contributed by atoms with Crippen LogP contribution in [0.3, 0.4) is 0 Å². The van der Waals surface area contributed by atoms with Crippen molar-refractivity contribution in [2.75, 3.05) is 18.5 Å². The Balaban J connectivity index is 2.16. The first kappa shape index (κ1) is 36.9. The van der Waals surface area contributed by atoms with Crippen molar-refractivity contribution in [2.24, 2.45) is 9.98 Å². The predicted molar refractivity (Wildman–Crippen MR) is 189 cm³/mol. The van der Waals surface area contributed by atoms with Gasteiger partial charge in [0.15, 0.2) is 0 Å². The van der Waals surface area contributed by atoms with Crippen molar-refractivity contribution < 1.29 is 0 Å². The van der Waals surface area contributed by atoms with Crippen molar-refractivity contribution in [1.82, 2.24) is 0 Å². The fourth-order valence-corrected chi connectivity index (χ4v) is 8.12. The first-order chi connectivity index (χ1) is 19.7. The van der Waals surface area contributed by atoms with Crippen molar-refractivity contribution in [3.63, 3.8) is 0 Å². The molecular weight excluding hydrogens is 897 g/mol. The van der Waals surface area contributed by atoms with Crippen LogP contribution in [-0.4, -0.2) is 76.6 Å². The molecule has 6 heteroatoms. The van der Waals surface area contributed by atoms with Crippen LogP contribution in [0.4, 0.5) is 11.4 Å². The maximum absolute atomic E-state index is 4.85. The average Bonchev–Trinajstić information content (AvgIpc) is 2.93. The Hall–Kier alpha value is -1.30. The van der Waals surface area contributed by atoms with Crippen molar-refractivity contribution in [1.29, 1.82) is 0 Å². The number of benzene rings is 2. The van der Waals surface area contributed by atoms with Crippen LogP contribution in [0.5, 0.6) is 0 Å². The maximum atomic E-state index is 4.85. The molecule has 0 saturated heterocycles. The van der Waals surface area contributed by atoms with Crippen molar-refractivity contribution >= 4 is 74.9 Å². The van der Waals surface area contributed by atoms with Gasteiger partial charge in [-0.25, -0.2) is 0 Å². The van der Waals surface area contributed by atoms with Crippen LogP contribution in [0.2, 0.25) is 0 Å². The van der Waals surface area contributed by atoms with Crippen LogP contribution in [0, 0.1) is 0 Å². The Morgan fingerprint density at radius 2 is 0.833 bits per heavy atom. The standard InChI is InChI=1S/C36H52N4.2Tl/c1-23(2)31-15-13-16-32(24(3)4)35(31)39-29(11)21-27(9)37-19-20-38-28(10)22-30(12)40-36-33(25(5)6)17-14-18-34(36)26(7)8;;/h13-18,21-26H,19-20H2,1-12H3;;/q-2;2*+1/b29-21-,30-22-,37-27?,38-28?;;. The fourth-order valence-electron chi connectivity index (χ4n) is 5.22. The van der Waals surface area contributed by atoms with E-state index in [9.17, 15) is 0 Å². The first-order valence-corrected chi connectivity index (χ1v) is 19.4. The van der Waals surface area contributed by atoms with Gasteiger partial charge in [-0.1, -0.05) is 0 Å². The van der Waals surface area contributed by atoms with E-state index in [2.05, 4.69) is 137 Å². The van der Waals surface area contributed by atoms with E-state index >= 15 is 0 Å². The van der Waals surface area contributed by atoms with E-state index in [0.717, 1.165) is 11.4 Å². The molecule has 0 aliphatic rings. The van der Waals surface area contributed by atoms with Gasteiger partial charge in [0.2, 0.25) is 0 Å². The van der Waals surface area contributed by atoms with E-state index in [1.165, 1.54) is 45.0 Å². The van der Waals surface area contributed by atoms with Crippen LogP contribution in [-0.2, 0) is 0 Å². The molecule has 4 nitrogen and oxygen atoms in total. The Morgan fingerprint density at radius 1 is 0.571 bits per heavy atom. The summed E-state index contributed by atoms with van der Waals surface area (Å²) in [5, 5.41) is 0. The number of hydrogen-bond acceptors (Lipinski definition) is 4. The van der Waals surface area contributed by atoms with E-state index in [1.807, 2.05) is 0 Å². The zero-order chi connectivity index (χ0) is 31.7. The first-order valence-electron chi connectivity index (χ1n) is 15.4. The van der Waals surface area contributed by atoms with Gasteiger partial charge in [0.05, 0.1) is 0 Å². The topological polar surface area (TPSA) is 31.2 Å². The minimum absolute atomic E-state index is 0.492. The zero-order valence-corrected chi connectivity index (χ0v) is 37.3. The molecule has 42 heavy (non-hydrogen) atoms. The molecule has 0 atom stereocenters. The molecule has 0 aliphatic heterocycles. The summed E-state index contributed by atoms with van der Waals surface area (Å²) < 4.78 is 5.00. The van der Waals surface area contributed by atoms with Gasteiger partial charge in [0.25, 0.3) is 0 Å². The van der Waals surface area contributed by atoms with E-state index in [4.69, 9.17) is 9.98 Å². The van der Waals surface area contributed by atoms with Gasteiger partial charge >= 0.3 is 292 Å². The summed E-state index contributed by atoms with van der Waals surface area (Å²) in [7, 11) is 0. The Labute approximate surface area is 290 Å². The molecule has 0 bridgehead atoms. The third kappa shape index (κ3) is 10.1. The summed E-state index contributed by atoms with van der Waals surface area (Å²) >= 11 is 1.34. The molecule has 2 rings (SSSR count). The van der Waals surface area contributed by atoms with Crippen LogP contribution in [0.25, 0.3) is 0 Å². The number of hydrogen-bond donors (Lipinski definition) is 0. The molecule has 2 aromatic carbocycles. The summed E-state index contributed by atoms with van der Waals surface area (Å²) in [6.07, 6.45) is 4.47. The van der Waals surface area contributed by atoms with E-state index in [1.54, 1.807) is 0 Å². The minimum atomic E-state index is 0.492. The van der Waals surface area contributed by atoms with Gasteiger partial charge in [-0.2, -0.15) is 0 Å². The number of nitrogens with zero attached hydrogens (tertiary/aromatic N) is 4. The SMILES string of the molecule is CC(/C=C(/C)[N]([Tl])c1c(C(C)C)cccc1C(C)C)=NCCN=C(C)/C=C(/C)[N]([Tl])c1c(C(C)C)cccc1C(C)C. The molecule has 0 unspecified atom stereocenters. The normalized spacial score (nSPS) is 13.6. The molecule has 2 aromatic rings. The number of anilines is 2. The molecule has 0 aromatic heterocycles. The molecule has 222 valence electrons. The van der Waals surface area contributed by atoms with Crippen LogP contribution >= 0.6 is 0 Å². The van der Waals surface area contributed by atoms with Gasteiger partial charge in [-0.05, 0) is 0 Å². The van der Waals surface area contributed by atoms with Gasteiger partial charge in [0.1, 0.15) is 0 Å². The number of para-hydroxylation sites is 2. The Morgan fingerprint density at radius 3 is 1.07 bits per heavy atom. The zero-order valence-electron chi connectivity index (χ0n) is 28.3. The van der Waals surface area contributed by atoms with E-state index in [-0.39, 0.29) is 0 Å². The van der Waals surface area contributed by atoms with Crippen molar-refractivity contribution in [3.05, 3.63) is 82.2 Å². The monoisotopic (exact) mass is 950 g/mol. The quantitative estimate of drug-likeness (QED) is 0.114. The van der Waals surface area contributed by atoms with E-state index < -0.39 is 0 Å². The third-order valence-electron chi connectivity index (χ3n) is 7.58. The predicted octanol–water partition coefficient (Wildman–Crippen LogP) is 9.39. The summed E-state index contributed by atoms with van der Waals surface area (Å²) in [6.45, 7) is 28.4. The number of rotatable bonds is 13. The number of allylic oxidation sites excluding steroid dienone is 4.